The van der Waals surface area contributed by atoms with Crippen LogP contribution in [0.2, 0.25) is 5.02 Å². The van der Waals surface area contributed by atoms with Crippen molar-refractivity contribution in [1.29, 1.82) is 0 Å². The van der Waals surface area contributed by atoms with Crippen molar-refractivity contribution in [1.82, 2.24) is 5.32 Å². The maximum absolute atomic E-state index is 12.6. The molecule has 0 bridgehead atoms. The van der Waals surface area contributed by atoms with Crippen LogP contribution in [0.5, 0.6) is 0 Å². The Morgan fingerprint density at radius 1 is 1.35 bits per heavy atom. The maximum Gasteiger partial charge on any atom is 0.230 e. The first-order valence-electron chi connectivity index (χ1n) is 6.91. The second-order valence-corrected chi connectivity index (χ2v) is 6.26. The Kier molecular flexibility index (Phi) is 4.55. The molecule has 1 aliphatic heterocycles. The third-order valence-electron chi connectivity index (χ3n) is 3.94. The van der Waals surface area contributed by atoms with Crippen molar-refractivity contribution in [2.45, 2.75) is 19.8 Å². The predicted molar refractivity (Wildman–Crippen MR) is 84.6 cm³/mol. The van der Waals surface area contributed by atoms with Gasteiger partial charge in [-0.3, -0.25) is 4.79 Å². The van der Waals surface area contributed by atoms with Gasteiger partial charge in [0.2, 0.25) is 5.91 Å². The number of amides is 1. The van der Waals surface area contributed by atoms with E-state index in [1.165, 1.54) is 0 Å². The first-order valence-corrected chi connectivity index (χ1v) is 7.29. The third kappa shape index (κ3) is 3.25. The molecule has 0 aliphatic carbocycles. The fourth-order valence-electron chi connectivity index (χ4n) is 2.48. The largest absolute Gasteiger partial charge is 0.376 e. The van der Waals surface area contributed by atoms with Crippen molar-refractivity contribution < 1.29 is 4.79 Å². The minimum Gasteiger partial charge on any atom is -0.376 e. The SMILES string of the molecule is CN(C)c1ccc(Cl)cc1NC(=O)C1(C)CCNCC1. The summed E-state index contributed by atoms with van der Waals surface area (Å²) in [5.41, 5.74) is 1.42. The van der Waals surface area contributed by atoms with Crippen LogP contribution in [0, 0.1) is 5.41 Å². The number of carbonyl (C=O) groups excluding carboxylic acids is 1. The molecule has 1 saturated heterocycles. The van der Waals surface area contributed by atoms with Crippen LogP contribution in [-0.2, 0) is 4.79 Å². The molecule has 0 atom stereocenters. The molecule has 1 aromatic carbocycles. The van der Waals surface area contributed by atoms with Crippen LogP contribution in [0.3, 0.4) is 0 Å². The normalized spacial score (nSPS) is 17.6. The van der Waals surface area contributed by atoms with Crippen molar-refractivity contribution in [2.24, 2.45) is 5.41 Å². The van der Waals surface area contributed by atoms with E-state index in [2.05, 4.69) is 10.6 Å². The van der Waals surface area contributed by atoms with Crippen molar-refractivity contribution in [3.8, 4) is 0 Å². The number of carbonyl (C=O) groups is 1. The molecule has 0 radical (unpaired) electrons. The standard InChI is InChI=1S/C15H22ClN3O/c1-15(6-8-17-9-7-15)14(20)18-12-10-11(16)4-5-13(12)19(2)3/h4-5,10,17H,6-9H2,1-3H3,(H,18,20). The summed E-state index contributed by atoms with van der Waals surface area (Å²) in [5, 5.41) is 6.96. The quantitative estimate of drug-likeness (QED) is 0.901. The Morgan fingerprint density at radius 3 is 2.60 bits per heavy atom. The number of benzene rings is 1. The highest BCUT2D eigenvalue weighted by molar-refractivity contribution is 6.31. The number of nitrogens with one attached hydrogen (secondary N) is 2. The lowest BCUT2D eigenvalue weighted by Gasteiger charge is -2.33. The van der Waals surface area contributed by atoms with Crippen LogP contribution in [0.15, 0.2) is 18.2 Å². The molecule has 0 unspecified atom stereocenters. The van der Waals surface area contributed by atoms with Gasteiger partial charge in [0.15, 0.2) is 0 Å². The first-order chi connectivity index (χ1) is 9.42. The molecular weight excluding hydrogens is 274 g/mol. The Morgan fingerprint density at radius 2 is 2.00 bits per heavy atom. The average Bonchev–Trinajstić information content (AvgIpc) is 2.39. The second-order valence-electron chi connectivity index (χ2n) is 5.82. The summed E-state index contributed by atoms with van der Waals surface area (Å²) < 4.78 is 0. The Hall–Kier alpha value is -1.26. The van der Waals surface area contributed by atoms with Gasteiger partial charge < -0.3 is 15.5 Å². The lowest BCUT2D eigenvalue weighted by atomic mass is 9.80. The number of hydrogen-bond donors (Lipinski definition) is 2. The minimum atomic E-state index is -0.308. The fraction of sp³-hybridized carbons (Fsp3) is 0.533. The number of hydrogen-bond acceptors (Lipinski definition) is 3. The lowest BCUT2D eigenvalue weighted by molar-refractivity contribution is -0.126. The fourth-order valence-corrected chi connectivity index (χ4v) is 2.65. The number of anilines is 2. The monoisotopic (exact) mass is 295 g/mol. The molecule has 4 nitrogen and oxygen atoms in total. The molecule has 1 aromatic rings. The van der Waals surface area contributed by atoms with Crippen LogP contribution in [0.1, 0.15) is 19.8 Å². The van der Waals surface area contributed by atoms with E-state index in [1.807, 2.05) is 38.1 Å². The molecule has 2 rings (SSSR count). The molecule has 0 aromatic heterocycles. The van der Waals surface area contributed by atoms with Gasteiger partial charge >= 0.3 is 0 Å². The van der Waals surface area contributed by atoms with E-state index in [-0.39, 0.29) is 11.3 Å². The third-order valence-corrected chi connectivity index (χ3v) is 4.18. The zero-order chi connectivity index (χ0) is 14.8. The second kappa shape index (κ2) is 6.02. The number of nitrogens with zero attached hydrogens (tertiary/aromatic N) is 1. The van der Waals surface area contributed by atoms with E-state index in [0.717, 1.165) is 37.3 Å². The van der Waals surface area contributed by atoms with E-state index < -0.39 is 0 Å². The smallest absolute Gasteiger partial charge is 0.230 e. The number of halogens is 1. The molecule has 1 amide bonds. The van der Waals surface area contributed by atoms with Crippen molar-refractivity contribution in [3.63, 3.8) is 0 Å². The van der Waals surface area contributed by atoms with E-state index in [4.69, 9.17) is 11.6 Å². The van der Waals surface area contributed by atoms with Crippen LogP contribution in [-0.4, -0.2) is 33.1 Å². The Bertz CT molecular complexity index is 496. The molecule has 1 fully saturated rings. The Labute approximate surface area is 125 Å². The van der Waals surface area contributed by atoms with E-state index in [0.29, 0.717) is 5.02 Å². The van der Waals surface area contributed by atoms with Gasteiger partial charge in [-0.1, -0.05) is 18.5 Å². The van der Waals surface area contributed by atoms with Crippen LogP contribution >= 0.6 is 11.6 Å². The first kappa shape index (κ1) is 15.1. The van der Waals surface area contributed by atoms with Crippen LogP contribution in [0.4, 0.5) is 11.4 Å². The summed E-state index contributed by atoms with van der Waals surface area (Å²) in [4.78, 5) is 14.5. The predicted octanol–water partition coefficient (Wildman–Crippen LogP) is 2.73. The highest BCUT2D eigenvalue weighted by Crippen LogP contribution is 2.33. The lowest BCUT2D eigenvalue weighted by Crippen LogP contribution is -2.43. The molecule has 0 saturated carbocycles. The van der Waals surface area contributed by atoms with Crippen molar-refractivity contribution in [2.75, 3.05) is 37.4 Å². The summed E-state index contributed by atoms with van der Waals surface area (Å²) in [7, 11) is 3.90. The summed E-state index contributed by atoms with van der Waals surface area (Å²) in [6, 6.07) is 5.56. The summed E-state index contributed by atoms with van der Waals surface area (Å²) >= 11 is 6.05. The highest BCUT2D eigenvalue weighted by Gasteiger charge is 2.34. The van der Waals surface area contributed by atoms with E-state index in [1.54, 1.807) is 6.07 Å². The van der Waals surface area contributed by atoms with Gasteiger partial charge in [-0.2, -0.15) is 0 Å². The number of rotatable bonds is 3. The van der Waals surface area contributed by atoms with Crippen molar-refractivity contribution in [3.05, 3.63) is 23.2 Å². The van der Waals surface area contributed by atoms with Gasteiger partial charge in [-0.15, -0.1) is 0 Å². The van der Waals surface area contributed by atoms with Crippen LogP contribution < -0.4 is 15.5 Å². The molecule has 110 valence electrons. The van der Waals surface area contributed by atoms with Gasteiger partial charge in [0.25, 0.3) is 0 Å². The molecule has 1 heterocycles. The van der Waals surface area contributed by atoms with Crippen molar-refractivity contribution >= 4 is 28.9 Å². The van der Waals surface area contributed by atoms with Gasteiger partial charge in [0.1, 0.15) is 0 Å². The molecule has 2 N–H and O–H groups in total. The van der Waals surface area contributed by atoms with E-state index in [9.17, 15) is 4.79 Å². The Balaban J connectivity index is 2.20. The summed E-state index contributed by atoms with van der Waals surface area (Å²) in [6.07, 6.45) is 1.72. The summed E-state index contributed by atoms with van der Waals surface area (Å²) in [6.45, 7) is 3.81. The summed E-state index contributed by atoms with van der Waals surface area (Å²) in [5.74, 6) is 0.0735. The molecule has 1 aliphatic rings. The van der Waals surface area contributed by atoms with Gasteiger partial charge in [-0.25, -0.2) is 0 Å². The molecule has 20 heavy (non-hydrogen) atoms. The van der Waals surface area contributed by atoms with Crippen LogP contribution in [0.25, 0.3) is 0 Å². The maximum atomic E-state index is 12.6. The highest BCUT2D eigenvalue weighted by atomic mass is 35.5. The topological polar surface area (TPSA) is 44.4 Å². The van der Waals surface area contributed by atoms with Gasteiger partial charge in [-0.05, 0) is 44.1 Å². The minimum absolute atomic E-state index is 0.0735. The molecular formula is C15H22ClN3O. The van der Waals surface area contributed by atoms with Gasteiger partial charge in [0, 0.05) is 24.5 Å². The molecule has 5 heteroatoms. The van der Waals surface area contributed by atoms with Gasteiger partial charge in [0.05, 0.1) is 11.4 Å². The average molecular weight is 296 g/mol. The zero-order valence-electron chi connectivity index (χ0n) is 12.3. The number of piperidine rings is 1. The molecule has 0 spiro atoms. The van der Waals surface area contributed by atoms with E-state index >= 15 is 0 Å². The zero-order valence-corrected chi connectivity index (χ0v) is 13.0.